The van der Waals surface area contributed by atoms with Crippen molar-refractivity contribution in [1.29, 1.82) is 0 Å². The van der Waals surface area contributed by atoms with Gasteiger partial charge in [0.25, 0.3) is 5.91 Å². The van der Waals surface area contributed by atoms with Gasteiger partial charge in [-0.15, -0.1) is 0 Å². The molecule has 6 heteroatoms. The van der Waals surface area contributed by atoms with Crippen molar-refractivity contribution < 1.29 is 9.59 Å². The van der Waals surface area contributed by atoms with E-state index in [4.69, 9.17) is 0 Å². The molecule has 1 N–H and O–H groups in total. The Morgan fingerprint density at radius 2 is 1.78 bits per heavy atom. The van der Waals surface area contributed by atoms with E-state index in [0.717, 1.165) is 33.4 Å². The zero-order valence-electron chi connectivity index (χ0n) is 18.1. The number of hydrogen-bond donors (Lipinski definition) is 1. The molecule has 0 spiro atoms. The van der Waals surface area contributed by atoms with Crippen molar-refractivity contribution in [3.05, 3.63) is 101 Å². The number of nitrogens with one attached hydrogen (secondary N) is 1. The van der Waals surface area contributed by atoms with Crippen molar-refractivity contribution in [2.75, 3.05) is 6.54 Å². The molecule has 0 bridgehead atoms. The van der Waals surface area contributed by atoms with E-state index >= 15 is 0 Å². The fourth-order valence-electron chi connectivity index (χ4n) is 4.64. The number of rotatable bonds is 5. The number of carbonyl (C=O) groups is 2. The Hall–Kier alpha value is -3.93. The summed E-state index contributed by atoms with van der Waals surface area (Å²) in [5.41, 5.74) is 5.63. The molecule has 0 fully saturated rings. The highest BCUT2D eigenvalue weighted by atomic mass is 16.2. The molecule has 6 nitrogen and oxygen atoms in total. The SMILES string of the molecule is Cc1c([C@@H]2c3ccccc3C(=O)N2CC(=O)NCc2ccccn2)c2ccccc2n1C. The average molecular weight is 425 g/mol. The van der Waals surface area contributed by atoms with Crippen LogP contribution in [0.2, 0.25) is 0 Å². The third-order valence-electron chi connectivity index (χ3n) is 6.29. The summed E-state index contributed by atoms with van der Waals surface area (Å²) in [7, 11) is 2.04. The zero-order chi connectivity index (χ0) is 22.2. The number of amides is 2. The van der Waals surface area contributed by atoms with Crippen molar-refractivity contribution >= 4 is 22.7 Å². The maximum absolute atomic E-state index is 13.4. The van der Waals surface area contributed by atoms with Crippen LogP contribution in [-0.4, -0.2) is 32.8 Å². The molecule has 2 aromatic carbocycles. The minimum absolute atomic E-state index is 0.0202. The topological polar surface area (TPSA) is 67.2 Å². The van der Waals surface area contributed by atoms with Gasteiger partial charge in [0.15, 0.2) is 0 Å². The van der Waals surface area contributed by atoms with E-state index in [2.05, 4.69) is 33.9 Å². The lowest BCUT2D eigenvalue weighted by Crippen LogP contribution is -2.39. The van der Waals surface area contributed by atoms with E-state index in [1.165, 1.54) is 0 Å². The van der Waals surface area contributed by atoms with E-state index in [1.54, 1.807) is 11.1 Å². The number of carbonyl (C=O) groups excluding carboxylic acids is 2. The van der Waals surface area contributed by atoms with Crippen molar-refractivity contribution in [2.24, 2.45) is 7.05 Å². The minimum Gasteiger partial charge on any atom is -0.349 e. The van der Waals surface area contributed by atoms with Crippen molar-refractivity contribution in [1.82, 2.24) is 19.8 Å². The Bertz CT molecular complexity index is 1330. The van der Waals surface area contributed by atoms with Gasteiger partial charge in [0.05, 0.1) is 18.3 Å². The van der Waals surface area contributed by atoms with Gasteiger partial charge in [0, 0.05) is 41.0 Å². The predicted octanol–water partition coefficient (Wildman–Crippen LogP) is 3.74. The molecule has 0 radical (unpaired) electrons. The lowest BCUT2D eigenvalue weighted by atomic mass is 9.95. The van der Waals surface area contributed by atoms with Crippen molar-refractivity contribution in [2.45, 2.75) is 19.5 Å². The third-order valence-corrected chi connectivity index (χ3v) is 6.29. The first-order chi connectivity index (χ1) is 15.6. The molecule has 32 heavy (non-hydrogen) atoms. The lowest BCUT2D eigenvalue weighted by molar-refractivity contribution is -0.122. The summed E-state index contributed by atoms with van der Waals surface area (Å²) >= 11 is 0. The summed E-state index contributed by atoms with van der Waals surface area (Å²) in [4.78, 5) is 32.2. The van der Waals surface area contributed by atoms with Gasteiger partial charge in [0.2, 0.25) is 5.91 Å². The van der Waals surface area contributed by atoms with Gasteiger partial charge in [-0.25, -0.2) is 0 Å². The number of nitrogens with zero attached hydrogens (tertiary/aromatic N) is 3. The zero-order valence-corrected chi connectivity index (χ0v) is 18.1. The standard InChI is InChI=1S/C26H24N4O2/c1-17-24(21-12-5-6-13-22(21)29(17)2)25-19-10-3-4-11-20(19)26(32)30(25)16-23(31)28-15-18-9-7-8-14-27-18/h3-14,25H,15-16H2,1-2H3,(H,28,31)/t25-/m0/s1. The summed E-state index contributed by atoms with van der Waals surface area (Å²) < 4.78 is 2.15. The van der Waals surface area contributed by atoms with Gasteiger partial charge >= 0.3 is 0 Å². The fourth-order valence-corrected chi connectivity index (χ4v) is 4.64. The third kappa shape index (κ3) is 3.24. The molecule has 2 amide bonds. The first-order valence-corrected chi connectivity index (χ1v) is 10.7. The quantitative estimate of drug-likeness (QED) is 0.531. The lowest BCUT2D eigenvalue weighted by Gasteiger charge is -2.26. The van der Waals surface area contributed by atoms with Gasteiger partial charge < -0.3 is 14.8 Å². The second kappa shape index (κ2) is 7.96. The average Bonchev–Trinajstić information content (AvgIpc) is 3.24. The van der Waals surface area contributed by atoms with Gasteiger partial charge in [-0.2, -0.15) is 0 Å². The van der Waals surface area contributed by atoms with Crippen molar-refractivity contribution in [3.63, 3.8) is 0 Å². The summed E-state index contributed by atoms with van der Waals surface area (Å²) in [6, 6.07) is 21.1. The molecule has 4 aromatic rings. The molecule has 3 heterocycles. The van der Waals surface area contributed by atoms with Gasteiger partial charge in [-0.05, 0) is 36.8 Å². The van der Waals surface area contributed by atoms with Crippen LogP contribution in [0.15, 0.2) is 72.9 Å². The first-order valence-electron chi connectivity index (χ1n) is 10.7. The number of fused-ring (bicyclic) bond motifs is 2. The van der Waals surface area contributed by atoms with Crippen LogP contribution in [0.4, 0.5) is 0 Å². The van der Waals surface area contributed by atoms with Crippen LogP contribution in [0.25, 0.3) is 10.9 Å². The van der Waals surface area contributed by atoms with Gasteiger partial charge in [-0.3, -0.25) is 14.6 Å². The van der Waals surface area contributed by atoms with Crippen LogP contribution in [0, 0.1) is 6.92 Å². The highest BCUT2D eigenvalue weighted by Crippen LogP contribution is 2.43. The summed E-state index contributed by atoms with van der Waals surface area (Å²) in [6.07, 6.45) is 1.70. The number of benzene rings is 2. The molecular weight excluding hydrogens is 400 g/mol. The number of hydrogen-bond acceptors (Lipinski definition) is 3. The van der Waals surface area contributed by atoms with E-state index < -0.39 is 0 Å². The molecule has 5 rings (SSSR count). The number of pyridine rings is 1. The van der Waals surface area contributed by atoms with Gasteiger partial charge in [0.1, 0.15) is 6.54 Å². The largest absolute Gasteiger partial charge is 0.349 e. The van der Waals surface area contributed by atoms with Crippen LogP contribution < -0.4 is 5.32 Å². The predicted molar refractivity (Wildman–Crippen MR) is 123 cm³/mol. The smallest absolute Gasteiger partial charge is 0.255 e. The first kappa shape index (κ1) is 20.0. The molecule has 1 aliphatic heterocycles. The molecule has 0 saturated heterocycles. The Labute approximate surface area is 186 Å². The maximum atomic E-state index is 13.4. The molecule has 160 valence electrons. The summed E-state index contributed by atoms with van der Waals surface area (Å²) in [6.45, 7) is 2.38. The molecule has 0 aliphatic carbocycles. The van der Waals surface area contributed by atoms with E-state index in [1.807, 2.05) is 61.6 Å². The highest BCUT2D eigenvalue weighted by Gasteiger charge is 2.40. The van der Waals surface area contributed by atoms with Crippen LogP contribution in [0.5, 0.6) is 0 Å². The Morgan fingerprint density at radius 1 is 1.03 bits per heavy atom. The van der Waals surface area contributed by atoms with Crippen LogP contribution in [-0.2, 0) is 18.4 Å². The minimum atomic E-state index is -0.314. The fraction of sp³-hybridized carbons (Fsp3) is 0.192. The van der Waals surface area contributed by atoms with E-state index in [0.29, 0.717) is 12.1 Å². The number of para-hydroxylation sites is 1. The number of aryl methyl sites for hydroxylation is 1. The molecule has 0 unspecified atom stereocenters. The second-order valence-corrected chi connectivity index (χ2v) is 8.10. The second-order valence-electron chi connectivity index (χ2n) is 8.10. The molecule has 2 aromatic heterocycles. The Kier molecular flexibility index (Phi) is 4.98. The Balaban J connectivity index is 1.52. The molecule has 1 atom stereocenters. The monoisotopic (exact) mass is 424 g/mol. The van der Waals surface area contributed by atoms with E-state index in [9.17, 15) is 9.59 Å². The Morgan fingerprint density at radius 3 is 2.59 bits per heavy atom. The molecule has 0 saturated carbocycles. The molecular formula is C26H24N4O2. The number of aromatic nitrogens is 2. The van der Waals surface area contributed by atoms with Crippen molar-refractivity contribution in [3.8, 4) is 0 Å². The summed E-state index contributed by atoms with van der Waals surface area (Å²) in [5.74, 6) is -0.328. The van der Waals surface area contributed by atoms with Crippen LogP contribution in [0.1, 0.15) is 38.9 Å². The normalized spacial score (nSPS) is 15.2. The maximum Gasteiger partial charge on any atom is 0.255 e. The summed E-state index contributed by atoms with van der Waals surface area (Å²) in [5, 5.41) is 4.00. The highest BCUT2D eigenvalue weighted by molar-refractivity contribution is 6.02. The van der Waals surface area contributed by atoms with Crippen LogP contribution >= 0.6 is 0 Å². The van der Waals surface area contributed by atoms with Gasteiger partial charge in [-0.1, -0.05) is 42.5 Å². The van der Waals surface area contributed by atoms with E-state index in [-0.39, 0.29) is 24.4 Å². The molecule has 1 aliphatic rings. The van der Waals surface area contributed by atoms with Crippen LogP contribution in [0.3, 0.4) is 0 Å².